The highest BCUT2D eigenvalue weighted by atomic mass is 35.5. The van der Waals surface area contributed by atoms with Crippen molar-refractivity contribution >= 4 is 29.2 Å². The number of amides is 3. The lowest BCUT2D eigenvalue weighted by atomic mass is 10.0. The van der Waals surface area contributed by atoms with Crippen LogP contribution < -0.4 is 14.4 Å². The summed E-state index contributed by atoms with van der Waals surface area (Å²) in [5.41, 5.74) is 0.375. The lowest BCUT2D eigenvalue weighted by molar-refractivity contribution is -0.120. The number of anilines is 1. The number of carbonyl (C=O) groups is 2. The molecular weight excluding hydrogens is 320 g/mol. The van der Waals surface area contributed by atoms with Crippen LogP contribution in [0.2, 0.25) is 5.02 Å². The van der Waals surface area contributed by atoms with Gasteiger partial charge in [-0.1, -0.05) is 11.6 Å². The molecule has 7 heteroatoms. The number of nitrogens with zero attached hydrogens (tertiary/aromatic N) is 2. The molecule has 0 aromatic heterocycles. The molecule has 1 aromatic rings. The zero-order valence-corrected chi connectivity index (χ0v) is 13.3. The van der Waals surface area contributed by atoms with Crippen LogP contribution in [0.3, 0.4) is 0 Å². The van der Waals surface area contributed by atoms with Crippen LogP contribution in [-0.2, 0) is 4.79 Å². The largest absolute Gasteiger partial charge is 0.490 e. The smallest absolute Gasteiger partial charge is 0.332 e. The summed E-state index contributed by atoms with van der Waals surface area (Å²) in [6.07, 6.45) is 3.38. The van der Waals surface area contributed by atoms with E-state index in [9.17, 15) is 9.59 Å². The fraction of sp³-hybridized carbons (Fsp3) is 0.500. The first-order valence-corrected chi connectivity index (χ1v) is 8.28. The summed E-state index contributed by atoms with van der Waals surface area (Å²) in [5, 5.41) is 0.316. The van der Waals surface area contributed by atoms with Gasteiger partial charge in [-0.15, -0.1) is 0 Å². The topological polar surface area (TPSA) is 59.1 Å². The van der Waals surface area contributed by atoms with E-state index in [1.807, 2.05) is 0 Å². The Morgan fingerprint density at radius 2 is 1.78 bits per heavy atom. The van der Waals surface area contributed by atoms with Crippen LogP contribution in [-0.4, -0.2) is 42.6 Å². The van der Waals surface area contributed by atoms with Gasteiger partial charge in [-0.3, -0.25) is 4.79 Å². The molecule has 23 heavy (non-hydrogen) atoms. The van der Waals surface area contributed by atoms with Crippen LogP contribution in [0.5, 0.6) is 11.5 Å². The van der Waals surface area contributed by atoms with E-state index >= 15 is 0 Å². The standard InChI is InChI=1S/C16H17ClN2O4/c17-10-8-13-14(23-7-3-6-22-13)9-12(10)19-15(20)11-4-1-2-5-18(11)16(19)21/h8-9,11H,1-7H2/t11-/m1/s1. The number of halogens is 1. The molecular formula is C16H17ClN2O4. The lowest BCUT2D eigenvalue weighted by Gasteiger charge is -2.26. The number of urea groups is 1. The lowest BCUT2D eigenvalue weighted by Crippen LogP contribution is -2.39. The van der Waals surface area contributed by atoms with Crippen LogP contribution in [0.1, 0.15) is 25.7 Å². The first kappa shape index (κ1) is 14.6. The number of piperidine rings is 1. The maximum absolute atomic E-state index is 12.7. The highest BCUT2D eigenvalue weighted by Crippen LogP contribution is 2.42. The van der Waals surface area contributed by atoms with Crippen molar-refractivity contribution in [2.24, 2.45) is 0 Å². The third-order valence-corrected chi connectivity index (χ3v) is 4.81. The van der Waals surface area contributed by atoms with Crippen molar-refractivity contribution in [3.63, 3.8) is 0 Å². The summed E-state index contributed by atoms with van der Waals surface area (Å²) in [6.45, 7) is 1.71. The Morgan fingerprint density at radius 3 is 2.52 bits per heavy atom. The monoisotopic (exact) mass is 336 g/mol. The minimum Gasteiger partial charge on any atom is -0.490 e. The van der Waals surface area contributed by atoms with Gasteiger partial charge in [0.15, 0.2) is 11.5 Å². The van der Waals surface area contributed by atoms with Crippen LogP contribution in [0.4, 0.5) is 10.5 Å². The summed E-state index contributed by atoms with van der Waals surface area (Å²) in [6, 6.07) is 2.60. The molecule has 0 aliphatic carbocycles. The van der Waals surface area contributed by atoms with Gasteiger partial charge in [0, 0.05) is 25.1 Å². The van der Waals surface area contributed by atoms with Gasteiger partial charge in [-0.05, 0) is 19.3 Å². The second kappa shape index (κ2) is 5.60. The molecule has 3 aliphatic heterocycles. The fourth-order valence-electron chi connectivity index (χ4n) is 3.36. The number of benzene rings is 1. The molecule has 0 unspecified atom stereocenters. The molecule has 3 aliphatic rings. The molecule has 122 valence electrons. The van der Waals surface area contributed by atoms with Crippen molar-refractivity contribution in [3.05, 3.63) is 17.2 Å². The van der Waals surface area contributed by atoms with Crippen molar-refractivity contribution in [2.45, 2.75) is 31.7 Å². The average Bonchev–Trinajstić information content (AvgIpc) is 2.70. The van der Waals surface area contributed by atoms with Gasteiger partial charge in [-0.25, -0.2) is 9.69 Å². The average molecular weight is 337 g/mol. The quantitative estimate of drug-likeness (QED) is 0.740. The molecule has 3 heterocycles. The third kappa shape index (κ3) is 2.32. The van der Waals surface area contributed by atoms with E-state index < -0.39 is 0 Å². The number of hydrogen-bond acceptors (Lipinski definition) is 4. The summed E-state index contributed by atoms with van der Waals surface area (Å²) >= 11 is 6.32. The number of imide groups is 1. The van der Waals surface area contributed by atoms with Crippen molar-refractivity contribution in [3.8, 4) is 11.5 Å². The van der Waals surface area contributed by atoms with E-state index in [0.717, 1.165) is 19.3 Å². The molecule has 0 bridgehead atoms. The van der Waals surface area contributed by atoms with E-state index in [4.69, 9.17) is 21.1 Å². The van der Waals surface area contributed by atoms with Crippen molar-refractivity contribution in [1.29, 1.82) is 0 Å². The molecule has 0 N–H and O–H groups in total. The van der Waals surface area contributed by atoms with Crippen molar-refractivity contribution in [1.82, 2.24) is 4.90 Å². The number of ether oxygens (including phenoxy) is 2. The third-order valence-electron chi connectivity index (χ3n) is 4.50. The molecule has 2 fully saturated rings. The van der Waals surface area contributed by atoms with Gasteiger partial charge < -0.3 is 14.4 Å². The van der Waals surface area contributed by atoms with Crippen LogP contribution >= 0.6 is 11.6 Å². The van der Waals surface area contributed by atoms with E-state index in [2.05, 4.69) is 0 Å². The Bertz CT molecular complexity index is 654. The highest BCUT2D eigenvalue weighted by Gasteiger charge is 2.47. The van der Waals surface area contributed by atoms with Gasteiger partial charge in [0.1, 0.15) is 6.04 Å². The molecule has 1 aromatic carbocycles. The zero-order valence-electron chi connectivity index (χ0n) is 12.6. The Labute approximate surface area is 138 Å². The normalized spacial score (nSPS) is 23.8. The Balaban J connectivity index is 1.74. The first-order chi connectivity index (χ1) is 11.2. The number of fused-ring (bicyclic) bond motifs is 2. The first-order valence-electron chi connectivity index (χ1n) is 7.90. The number of hydrogen-bond donors (Lipinski definition) is 0. The molecule has 0 spiro atoms. The summed E-state index contributed by atoms with van der Waals surface area (Å²) in [7, 11) is 0. The maximum Gasteiger partial charge on any atom is 0.332 e. The minimum absolute atomic E-state index is 0.203. The van der Waals surface area contributed by atoms with E-state index in [1.165, 1.54) is 4.90 Å². The van der Waals surface area contributed by atoms with Crippen LogP contribution in [0, 0.1) is 0 Å². The molecule has 1 atom stereocenters. The second-order valence-electron chi connectivity index (χ2n) is 5.96. The second-order valence-corrected chi connectivity index (χ2v) is 6.37. The predicted octanol–water partition coefficient (Wildman–Crippen LogP) is 2.82. The summed E-state index contributed by atoms with van der Waals surface area (Å²) in [5.74, 6) is 0.867. The molecule has 0 radical (unpaired) electrons. The Morgan fingerprint density at radius 1 is 1.04 bits per heavy atom. The van der Waals surface area contributed by atoms with Gasteiger partial charge in [0.2, 0.25) is 0 Å². The highest BCUT2D eigenvalue weighted by molar-refractivity contribution is 6.36. The van der Waals surface area contributed by atoms with Gasteiger partial charge in [0.05, 0.1) is 23.9 Å². The zero-order chi connectivity index (χ0) is 16.0. The minimum atomic E-state index is -0.358. The molecule has 0 saturated carbocycles. The van der Waals surface area contributed by atoms with Crippen LogP contribution in [0.25, 0.3) is 0 Å². The van der Waals surface area contributed by atoms with Gasteiger partial charge >= 0.3 is 6.03 Å². The maximum atomic E-state index is 12.7. The van der Waals surface area contributed by atoms with E-state index in [-0.39, 0.29) is 18.0 Å². The Hall–Kier alpha value is -1.95. The number of rotatable bonds is 1. The molecule has 2 saturated heterocycles. The fourth-order valence-corrected chi connectivity index (χ4v) is 3.59. The molecule has 6 nitrogen and oxygen atoms in total. The summed E-state index contributed by atoms with van der Waals surface area (Å²) < 4.78 is 11.2. The van der Waals surface area contributed by atoms with E-state index in [1.54, 1.807) is 17.0 Å². The van der Waals surface area contributed by atoms with E-state index in [0.29, 0.717) is 48.4 Å². The SMILES string of the molecule is O=C1[C@H]2CCCCN2C(=O)N1c1cc2c(cc1Cl)OCCCO2. The number of carbonyl (C=O) groups excluding carboxylic acids is 2. The molecule has 3 amide bonds. The predicted molar refractivity (Wildman–Crippen MR) is 84.3 cm³/mol. The van der Waals surface area contributed by atoms with Gasteiger partial charge in [-0.2, -0.15) is 0 Å². The molecule has 4 rings (SSSR count). The summed E-state index contributed by atoms with van der Waals surface area (Å²) in [4.78, 5) is 28.1. The van der Waals surface area contributed by atoms with Crippen molar-refractivity contribution in [2.75, 3.05) is 24.7 Å². The van der Waals surface area contributed by atoms with Crippen molar-refractivity contribution < 1.29 is 19.1 Å². The Kier molecular flexibility index (Phi) is 3.56. The van der Waals surface area contributed by atoms with Gasteiger partial charge in [0.25, 0.3) is 5.91 Å². The van der Waals surface area contributed by atoms with Crippen LogP contribution in [0.15, 0.2) is 12.1 Å².